The zero-order valence-corrected chi connectivity index (χ0v) is 19.5. The first-order valence-electron chi connectivity index (χ1n) is 10.6. The summed E-state index contributed by atoms with van der Waals surface area (Å²) in [7, 11) is 3.31. The maximum atomic E-state index is 9.35. The molecule has 0 bridgehead atoms. The van der Waals surface area contributed by atoms with Gasteiger partial charge >= 0.3 is 0 Å². The third kappa shape index (κ3) is 5.42. The Hall–Kier alpha value is -2.91. The predicted octanol–water partition coefficient (Wildman–Crippen LogP) is 4.90. The molecule has 0 spiro atoms. The Bertz CT molecular complexity index is 935. The van der Waals surface area contributed by atoms with E-state index in [-0.39, 0.29) is 12.0 Å². The topological polar surface area (TPSA) is 93.0 Å². The molecule has 1 aliphatic heterocycles. The molecular formula is C25H34N4O2. The molecule has 0 fully saturated rings. The van der Waals surface area contributed by atoms with E-state index in [0.29, 0.717) is 17.1 Å². The average Bonchev–Trinajstić information content (AvgIpc) is 3.09. The summed E-state index contributed by atoms with van der Waals surface area (Å²) < 4.78 is 10.8. The van der Waals surface area contributed by atoms with Crippen LogP contribution in [0.25, 0.3) is 5.57 Å². The van der Waals surface area contributed by atoms with Crippen molar-refractivity contribution in [1.29, 1.82) is 5.26 Å². The lowest BCUT2D eigenvalue weighted by molar-refractivity contribution is 0.101. The normalized spacial score (nSPS) is 20.5. The molecule has 2 unspecified atom stereocenters. The van der Waals surface area contributed by atoms with E-state index in [9.17, 15) is 5.26 Å². The Labute approximate surface area is 186 Å². The Balaban J connectivity index is 2.49. The van der Waals surface area contributed by atoms with Crippen molar-refractivity contribution in [3.05, 3.63) is 47.6 Å². The van der Waals surface area contributed by atoms with E-state index in [1.165, 1.54) is 0 Å². The van der Waals surface area contributed by atoms with Crippen molar-refractivity contribution >= 4 is 17.1 Å². The molecule has 1 aromatic rings. The smallest absolute Gasteiger partial charge is 0.177 e. The van der Waals surface area contributed by atoms with E-state index in [0.717, 1.165) is 41.7 Å². The lowest BCUT2D eigenvalue weighted by Gasteiger charge is -2.33. The Morgan fingerprint density at radius 3 is 2.48 bits per heavy atom. The number of benzene rings is 1. The van der Waals surface area contributed by atoms with E-state index in [1.54, 1.807) is 20.3 Å². The second kappa shape index (κ2) is 10.4. The first-order chi connectivity index (χ1) is 14.7. The van der Waals surface area contributed by atoms with E-state index in [2.05, 4.69) is 33.4 Å². The third-order valence-electron chi connectivity index (χ3n) is 5.94. The first kappa shape index (κ1) is 24.4. The molecule has 0 amide bonds. The van der Waals surface area contributed by atoms with Gasteiger partial charge in [0.25, 0.3) is 0 Å². The molecule has 0 saturated heterocycles. The number of ether oxygens (including phenoxy) is 2. The van der Waals surface area contributed by atoms with Gasteiger partial charge in [0.1, 0.15) is 11.6 Å². The van der Waals surface area contributed by atoms with Crippen LogP contribution in [0.1, 0.15) is 58.1 Å². The van der Waals surface area contributed by atoms with Crippen LogP contribution in [0, 0.1) is 17.2 Å². The van der Waals surface area contributed by atoms with Crippen LogP contribution in [0.15, 0.2) is 46.4 Å². The molecule has 0 saturated carbocycles. The molecule has 1 heterocycles. The second-order valence-electron chi connectivity index (χ2n) is 8.06. The molecule has 0 radical (unpaired) electrons. The van der Waals surface area contributed by atoms with Gasteiger partial charge in [0.15, 0.2) is 5.66 Å². The predicted molar refractivity (Wildman–Crippen MR) is 127 cm³/mol. The van der Waals surface area contributed by atoms with Crippen molar-refractivity contribution in [2.45, 2.75) is 58.7 Å². The molecule has 2 rings (SSSR count). The molecule has 31 heavy (non-hydrogen) atoms. The molecule has 2 N–H and O–H groups in total. The van der Waals surface area contributed by atoms with Crippen molar-refractivity contribution in [1.82, 2.24) is 0 Å². The molecule has 6 nitrogen and oxygen atoms in total. The standard InChI is InChI=1S/C25H34N4O2/c1-8-22(11-16(2)21-12-20(15-26)13-23(14-21)31-7)25(28-19(5)24(27)29-25)17(3)9-10-18(4)30-6/h11-14,17-18H,2,8-10H2,1,3-7H3,(H2,27,29)/b22-11+/t17?,18-,25?/m1/s1. The number of allylic oxidation sites excluding steroid dienone is 2. The number of methoxy groups -OCH3 is 2. The number of hydrogen-bond donors (Lipinski definition) is 1. The number of aliphatic imine (C=N–C) groups is 2. The van der Waals surface area contributed by atoms with Crippen LogP contribution in [-0.4, -0.2) is 37.5 Å². The minimum absolute atomic E-state index is 0.125. The average molecular weight is 423 g/mol. The number of rotatable bonds is 10. The zero-order valence-electron chi connectivity index (χ0n) is 19.5. The summed E-state index contributed by atoms with van der Waals surface area (Å²) in [6, 6.07) is 7.57. The first-order valence-corrected chi connectivity index (χ1v) is 10.6. The van der Waals surface area contributed by atoms with Crippen molar-refractivity contribution in [2.24, 2.45) is 21.6 Å². The van der Waals surface area contributed by atoms with Gasteiger partial charge in [-0.05, 0) is 68.0 Å². The summed E-state index contributed by atoms with van der Waals surface area (Å²) >= 11 is 0. The quantitative estimate of drug-likeness (QED) is 0.543. The van der Waals surface area contributed by atoms with Gasteiger partial charge < -0.3 is 15.2 Å². The third-order valence-corrected chi connectivity index (χ3v) is 5.94. The van der Waals surface area contributed by atoms with E-state index >= 15 is 0 Å². The monoisotopic (exact) mass is 422 g/mol. The Morgan fingerprint density at radius 1 is 1.26 bits per heavy atom. The van der Waals surface area contributed by atoms with E-state index in [4.69, 9.17) is 25.2 Å². The highest BCUT2D eigenvalue weighted by atomic mass is 16.5. The molecule has 166 valence electrons. The van der Waals surface area contributed by atoms with E-state index in [1.807, 2.05) is 25.1 Å². The number of hydrogen-bond acceptors (Lipinski definition) is 6. The van der Waals surface area contributed by atoms with Crippen molar-refractivity contribution in [3.8, 4) is 11.8 Å². The van der Waals surface area contributed by atoms with Crippen LogP contribution in [0.5, 0.6) is 5.75 Å². The van der Waals surface area contributed by atoms with Gasteiger partial charge in [0.2, 0.25) is 0 Å². The molecule has 0 aliphatic carbocycles. The molecule has 0 aromatic heterocycles. The van der Waals surface area contributed by atoms with Gasteiger partial charge in [0, 0.05) is 13.0 Å². The molecule has 6 heteroatoms. The summed E-state index contributed by atoms with van der Waals surface area (Å²) in [5.74, 6) is 1.22. The maximum Gasteiger partial charge on any atom is 0.177 e. The molecular weight excluding hydrogens is 388 g/mol. The number of nitrogens with two attached hydrogens (primary N) is 1. The van der Waals surface area contributed by atoms with Gasteiger partial charge in [-0.1, -0.05) is 26.5 Å². The zero-order chi connectivity index (χ0) is 23.2. The SMILES string of the molecule is C=C(/C=C(\CC)C1(C(C)CC[C@@H](C)OC)N=C(C)C(N)=N1)c1cc(C#N)cc(OC)c1. The summed E-state index contributed by atoms with van der Waals surface area (Å²) in [4.78, 5) is 9.80. The van der Waals surface area contributed by atoms with Gasteiger partial charge in [-0.3, -0.25) is 4.99 Å². The van der Waals surface area contributed by atoms with Crippen LogP contribution >= 0.6 is 0 Å². The second-order valence-corrected chi connectivity index (χ2v) is 8.06. The summed E-state index contributed by atoms with van der Waals surface area (Å²) in [6.45, 7) is 12.5. The van der Waals surface area contributed by atoms with Crippen LogP contribution in [0.3, 0.4) is 0 Å². The number of amidine groups is 1. The van der Waals surface area contributed by atoms with Crippen LogP contribution in [0.2, 0.25) is 0 Å². The van der Waals surface area contributed by atoms with Gasteiger partial charge in [-0.25, -0.2) is 4.99 Å². The lowest BCUT2D eigenvalue weighted by atomic mass is 9.82. The number of nitriles is 1. The van der Waals surface area contributed by atoms with Gasteiger partial charge in [-0.15, -0.1) is 0 Å². The lowest BCUT2D eigenvalue weighted by Crippen LogP contribution is -2.34. The highest BCUT2D eigenvalue weighted by Gasteiger charge is 2.42. The molecule has 1 aromatic carbocycles. The van der Waals surface area contributed by atoms with Crippen molar-refractivity contribution < 1.29 is 9.47 Å². The largest absolute Gasteiger partial charge is 0.497 e. The Kier molecular flexibility index (Phi) is 8.18. The fourth-order valence-electron chi connectivity index (χ4n) is 3.82. The summed E-state index contributed by atoms with van der Waals surface area (Å²) in [5, 5.41) is 9.35. The van der Waals surface area contributed by atoms with Crippen molar-refractivity contribution in [3.63, 3.8) is 0 Å². The summed E-state index contributed by atoms with van der Waals surface area (Å²) in [5.41, 5.74) is 9.34. The Morgan fingerprint density at radius 2 is 1.97 bits per heavy atom. The van der Waals surface area contributed by atoms with Gasteiger partial charge in [0.05, 0.1) is 30.6 Å². The minimum Gasteiger partial charge on any atom is -0.497 e. The van der Waals surface area contributed by atoms with Gasteiger partial charge in [-0.2, -0.15) is 5.26 Å². The fourth-order valence-corrected chi connectivity index (χ4v) is 3.82. The highest BCUT2D eigenvalue weighted by Crippen LogP contribution is 2.41. The maximum absolute atomic E-state index is 9.35. The van der Waals surface area contributed by atoms with Crippen molar-refractivity contribution in [2.75, 3.05) is 14.2 Å². The van der Waals surface area contributed by atoms with Crippen LogP contribution in [-0.2, 0) is 4.74 Å². The van der Waals surface area contributed by atoms with Crippen LogP contribution < -0.4 is 10.5 Å². The number of nitrogens with zero attached hydrogens (tertiary/aromatic N) is 3. The molecule has 3 atom stereocenters. The fraction of sp³-hybridized carbons (Fsp3) is 0.480. The summed E-state index contributed by atoms with van der Waals surface area (Å²) in [6.07, 6.45) is 4.74. The minimum atomic E-state index is -0.754. The van der Waals surface area contributed by atoms with Crippen LogP contribution in [0.4, 0.5) is 0 Å². The molecule has 1 aliphatic rings. The van der Waals surface area contributed by atoms with E-state index < -0.39 is 5.66 Å². The highest BCUT2D eigenvalue weighted by molar-refractivity contribution is 6.41.